The van der Waals surface area contributed by atoms with E-state index in [0.717, 1.165) is 32.6 Å². The minimum absolute atomic E-state index is 0. The fourth-order valence-corrected chi connectivity index (χ4v) is 3.59. The molecule has 0 saturated carbocycles. The molecule has 0 saturated heterocycles. The highest BCUT2D eigenvalue weighted by atomic mass is 35.5. The summed E-state index contributed by atoms with van der Waals surface area (Å²) in [6.07, 6.45) is 3.79. The highest BCUT2D eigenvalue weighted by Crippen LogP contribution is 2.34. The van der Waals surface area contributed by atoms with Gasteiger partial charge in [-0.2, -0.15) is 0 Å². The van der Waals surface area contributed by atoms with Gasteiger partial charge in [-0.25, -0.2) is 9.97 Å². The van der Waals surface area contributed by atoms with E-state index >= 15 is 0 Å². The van der Waals surface area contributed by atoms with Gasteiger partial charge in [0.15, 0.2) is 0 Å². The van der Waals surface area contributed by atoms with Crippen molar-refractivity contribution in [3.05, 3.63) is 71.5 Å². The van der Waals surface area contributed by atoms with Crippen LogP contribution in [0.5, 0.6) is 0 Å². The largest absolute Gasteiger partial charge is 0.365 e. The van der Waals surface area contributed by atoms with E-state index in [0.29, 0.717) is 0 Å². The first-order valence-corrected chi connectivity index (χ1v) is 9.60. The average molecular weight is 409 g/mol. The predicted molar refractivity (Wildman–Crippen MR) is 119 cm³/mol. The standard InChI is InChI=1S/C22H20N4S.ClH/c1-22(2,3)25-21-20(24-19-9-5-7-15-26(19)21)18-13-12-17(27-18)11-10-16-8-4-6-14-23-16;/h4-9,12-15,25H,1-3H3;1H. The molecular weight excluding hydrogens is 388 g/mol. The lowest BCUT2D eigenvalue weighted by atomic mass is 10.1. The molecule has 0 spiro atoms. The molecule has 142 valence electrons. The summed E-state index contributed by atoms with van der Waals surface area (Å²) in [5.41, 5.74) is 2.58. The van der Waals surface area contributed by atoms with Crippen molar-refractivity contribution in [2.75, 3.05) is 5.32 Å². The minimum Gasteiger partial charge on any atom is -0.365 e. The molecule has 0 aliphatic rings. The number of nitrogens with zero attached hydrogens (tertiary/aromatic N) is 3. The Labute approximate surface area is 175 Å². The molecule has 0 amide bonds. The fraction of sp³-hybridized carbons (Fsp3) is 0.182. The molecule has 0 bridgehead atoms. The van der Waals surface area contributed by atoms with Gasteiger partial charge in [0.25, 0.3) is 0 Å². The van der Waals surface area contributed by atoms with Crippen LogP contribution in [0.1, 0.15) is 31.3 Å². The second kappa shape index (κ2) is 8.05. The van der Waals surface area contributed by atoms with Gasteiger partial charge in [-0.05, 0) is 69.0 Å². The number of thiophene rings is 1. The van der Waals surface area contributed by atoms with Crippen LogP contribution in [0.3, 0.4) is 0 Å². The maximum Gasteiger partial charge on any atom is 0.140 e. The second-order valence-corrected chi connectivity index (χ2v) is 8.33. The lowest BCUT2D eigenvalue weighted by Gasteiger charge is -2.22. The van der Waals surface area contributed by atoms with E-state index in [1.165, 1.54) is 0 Å². The van der Waals surface area contributed by atoms with Crippen molar-refractivity contribution in [3.63, 3.8) is 0 Å². The maximum absolute atomic E-state index is 4.85. The Morgan fingerprint density at radius 1 is 1.00 bits per heavy atom. The normalized spacial score (nSPS) is 10.8. The molecule has 6 heteroatoms. The highest BCUT2D eigenvalue weighted by Gasteiger charge is 2.20. The lowest BCUT2D eigenvalue weighted by molar-refractivity contribution is 0.630. The fourth-order valence-electron chi connectivity index (χ4n) is 2.74. The van der Waals surface area contributed by atoms with Gasteiger partial charge in [-0.15, -0.1) is 23.7 Å². The van der Waals surface area contributed by atoms with E-state index in [1.54, 1.807) is 17.5 Å². The van der Waals surface area contributed by atoms with Crippen molar-refractivity contribution in [1.82, 2.24) is 14.4 Å². The third kappa shape index (κ3) is 4.36. The molecule has 4 heterocycles. The van der Waals surface area contributed by atoms with E-state index in [4.69, 9.17) is 4.98 Å². The smallest absolute Gasteiger partial charge is 0.140 e. The Hall–Kier alpha value is -2.81. The Balaban J connectivity index is 0.00000225. The first-order chi connectivity index (χ1) is 13.0. The van der Waals surface area contributed by atoms with Gasteiger partial charge in [-0.1, -0.05) is 12.1 Å². The number of hydrogen-bond acceptors (Lipinski definition) is 4. The van der Waals surface area contributed by atoms with Gasteiger partial charge in [-0.3, -0.25) is 4.40 Å². The van der Waals surface area contributed by atoms with Gasteiger partial charge >= 0.3 is 0 Å². The van der Waals surface area contributed by atoms with Crippen LogP contribution < -0.4 is 5.32 Å². The average Bonchev–Trinajstić information content (AvgIpc) is 3.25. The lowest BCUT2D eigenvalue weighted by Crippen LogP contribution is -2.27. The van der Waals surface area contributed by atoms with Crippen molar-refractivity contribution >= 4 is 35.2 Å². The molecule has 0 aliphatic carbocycles. The summed E-state index contributed by atoms with van der Waals surface area (Å²) in [6.45, 7) is 6.45. The van der Waals surface area contributed by atoms with E-state index in [9.17, 15) is 0 Å². The van der Waals surface area contributed by atoms with Crippen LogP contribution in [-0.2, 0) is 0 Å². The molecule has 0 fully saturated rings. The van der Waals surface area contributed by atoms with Gasteiger partial charge < -0.3 is 5.32 Å². The Morgan fingerprint density at radius 2 is 1.82 bits per heavy atom. The molecule has 4 rings (SSSR count). The molecule has 0 aromatic carbocycles. The summed E-state index contributed by atoms with van der Waals surface area (Å²) in [7, 11) is 0. The molecular formula is C22H21ClN4S. The van der Waals surface area contributed by atoms with Gasteiger partial charge in [0, 0.05) is 17.9 Å². The number of fused-ring (bicyclic) bond motifs is 1. The third-order valence-electron chi connectivity index (χ3n) is 3.84. The number of halogens is 1. The Bertz CT molecular complexity index is 1140. The van der Waals surface area contributed by atoms with Crippen molar-refractivity contribution in [3.8, 4) is 22.4 Å². The molecule has 0 aliphatic heterocycles. The van der Waals surface area contributed by atoms with E-state index in [1.807, 2.05) is 48.7 Å². The van der Waals surface area contributed by atoms with Crippen LogP contribution >= 0.6 is 23.7 Å². The first kappa shape index (κ1) is 19.9. The minimum atomic E-state index is -0.0700. The van der Waals surface area contributed by atoms with Gasteiger partial charge in [0.05, 0.1) is 9.75 Å². The summed E-state index contributed by atoms with van der Waals surface area (Å²) in [5, 5.41) is 3.60. The van der Waals surface area contributed by atoms with Gasteiger partial charge in [0.1, 0.15) is 22.9 Å². The molecule has 4 aromatic rings. The Kier molecular flexibility index (Phi) is 5.73. The second-order valence-electron chi connectivity index (χ2n) is 7.24. The zero-order chi connectivity index (χ0) is 18.9. The van der Waals surface area contributed by atoms with Crippen LogP contribution in [0.15, 0.2) is 60.9 Å². The van der Waals surface area contributed by atoms with Crippen LogP contribution in [-0.4, -0.2) is 19.9 Å². The van der Waals surface area contributed by atoms with Crippen molar-refractivity contribution in [2.24, 2.45) is 0 Å². The number of nitrogens with one attached hydrogen (secondary N) is 1. The molecule has 0 radical (unpaired) electrons. The zero-order valence-corrected chi connectivity index (χ0v) is 17.6. The topological polar surface area (TPSA) is 42.2 Å². The molecule has 28 heavy (non-hydrogen) atoms. The maximum atomic E-state index is 4.85. The molecule has 1 N–H and O–H groups in total. The van der Waals surface area contributed by atoms with Crippen LogP contribution in [0.2, 0.25) is 0 Å². The highest BCUT2D eigenvalue weighted by molar-refractivity contribution is 7.16. The van der Waals surface area contributed by atoms with Crippen LogP contribution in [0.4, 0.5) is 5.82 Å². The third-order valence-corrected chi connectivity index (χ3v) is 4.85. The quantitative estimate of drug-likeness (QED) is 0.446. The zero-order valence-electron chi connectivity index (χ0n) is 15.9. The summed E-state index contributed by atoms with van der Waals surface area (Å²) in [5.74, 6) is 7.32. The Morgan fingerprint density at radius 3 is 2.57 bits per heavy atom. The molecule has 4 nitrogen and oxygen atoms in total. The number of anilines is 1. The number of hydrogen-bond donors (Lipinski definition) is 1. The summed E-state index contributed by atoms with van der Waals surface area (Å²) >= 11 is 1.64. The number of rotatable bonds is 2. The number of aromatic nitrogens is 3. The molecule has 4 aromatic heterocycles. The number of imidazole rings is 1. The SMILES string of the molecule is CC(C)(C)Nc1c(-c2ccc(C#Cc3ccccn3)s2)nc2ccccn12.Cl. The molecule has 0 unspecified atom stereocenters. The van der Waals surface area contributed by atoms with E-state index in [-0.39, 0.29) is 17.9 Å². The number of pyridine rings is 2. The van der Waals surface area contributed by atoms with Gasteiger partial charge in [0.2, 0.25) is 0 Å². The monoisotopic (exact) mass is 408 g/mol. The van der Waals surface area contributed by atoms with Crippen molar-refractivity contribution in [2.45, 2.75) is 26.3 Å². The van der Waals surface area contributed by atoms with Crippen LogP contribution in [0, 0.1) is 11.8 Å². The van der Waals surface area contributed by atoms with E-state index in [2.05, 4.69) is 53.4 Å². The van der Waals surface area contributed by atoms with Crippen molar-refractivity contribution in [1.29, 1.82) is 0 Å². The summed E-state index contributed by atoms with van der Waals surface area (Å²) in [4.78, 5) is 11.2. The predicted octanol–water partition coefficient (Wildman–Crippen LogP) is 5.49. The first-order valence-electron chi connectivity index (χ1n) is 8.78. The van der Waals surface area contributed by atoms with E-state index < -0.39 is 0 Å². The summed E-state index contributed by atoms with van der Waals surface area (Å²) < 4.78 is 2.10. The van der Waals surface area contributed by atoms with Crippen molar-refractivity contribution < 1.29 is 0 Å². The van der Waals surface area contributed by atoms with Crippen LogP contribution in [0.25, 0.3) is 16.2 Å². The molecule has 0 atom stereocenters. The summed E-state index contributed by atoms with van der Waals surface area (Å²) in [6, 6.07) is 15.9.